The Morgan fingerprint density at radius 2 is 2.16 bits per heavy atom. The molecule has 0 bridgehead atoms. The number of anilines is 1. The van der Waals surface area contributed by atoms with E-state index >= 15 is 0 Å². The van der Waals surface area contributed by atoms with Gasteiger partial charge in [-0.25, -0.2) is 9.78 Å². The van der Waals surface area contributed by atoms with E-state index in [0.29, 0.717) is 11.2 Å². The number of aromatic carboxylic acids is 1. The van der Waals surface area contributed by atoms with Crippen LogP contribution in [0.1, 0.15) is 33.5 Å². The lowest BCUT2D eigenvalue weighted by atomic mass is 10.2. The molecule has 6 nitrogen and oxygen atoms in total. The molecule has 2 heterocycles. The van der Waals surface area contributed by atoms with E-state index in [2.05, 4.69) is 9.88 Å². The topological polar surface area (TPSA) is 73.7 Å². The van der Waals surface area contributed by atoms with E-state index in [1.165, 1.54) is 18.3 Å². The zero-order valence-corrected chi connectivity index (χ0v) is 12.0. The minimum atomic E-state index is -1.14. The first-order valence-corrected chi connectivity index (χ1v) is 6.88. The number of carbonyl (C=O) groups excluding carboxylic acids is 1. The summed E-state index contributed by atoms with van der Waals surface area (Å²) in [5, 5.41) is 9.71. The first-order chi connectivity index (χ1) is 8.90. The predicted octanol–water partition coefficient (Wildman–Crippen LogP) is 1.18. The Labute approximate surface area is 115 Å². The fraction of sp³-hybridized carbons (Fsp3) is 0.583. The molecular formula is C12H17N3O3S. The van der Waals surface area contributed by atoms with Gasteiger partial charge in [-0.05, 0) is 20.5 Å². The summed E-state index contributed by atoms with van der Waals surface area (Å²) in [6.45, 7) is 3.03. The van der Waals surface area contributed by atoms with E-state index in [0.717, 1.165) is 19.5 Å². The van der Waals surface area contributed by atoms with Gasteiger partial charge < -0.3 is 14.9 Å². The normalized spacial score (nSPS) is 19.2. The van der Waals surface area contributed by atoms with Crippen LogP contribution >= 0.6 is 11.3 Å². The van der Waals surface area contributed by atoms with E-state index in [9.17, 15) is 9.59 Å². The number of carbonyl (C=O) groups is 2. The van der Waals surface area contributed by atoms with Gasteiger partial charge in [0.1, 0.15) is 4.88 Å². The smallest absolute Gasteiger partial charge is 0.356 e. The van der Waals surface area contributed by atoms with Crippen LogP contribution in [0.3, 0.4) is 0 Å². The van der Waals surface area contributed by atoms with E-state index < -0.39 is 5.97 Å². The van der Waals surface area contributed by atoms with Crippen molar-refractivity contribution in [2.45, 2.75) is 19.4 Å². The zero-order valence-electron chi connectivity index (χ0n) is 11.2. The molecule has 1 saturated heterocycles. The summed E-state index contributed by atoms with van der Waals surface area (Å²) in [6, 6.07) is 0.443. The lowest BCUT2D eigenvalue weighted by Gasteiger charge is -2.19. The SMILES string of the molecule is CC(=O)c1sc(N2CCC(N(C)C)C2)nc1C(=O)O. The third kappa shape index (κ3) is 2.76. The maximum atomic E-state index is 11.5. The number of nitrogens with zero attached hydrogens (tertiary/aromatic N) is 3. The molecule has 0 aliphatic carbocycles. The molecule has 1 fully saturated rings. The quantitative estimate of drug-likeness (QED) is 0.837. The molecule has 19 heavy (non-hydrogen) atoms. The van der Waals surface area contributed by atoms with Crippen molar-refractivity contribution in [3.8, 4) is 0 Å². The van der Waals surface area contributed by atoms with Gasteiger partial charge in [-0.3, -0.25) is 4.79 Å². The van der Waals surface area contributed by atoms with Crippen molar-refractivity contribution in [2.24, 2.45) is 0 Å². The molecule has 0 saturated carbocycles. The monoisotopic (exact) mass is 283 g/mol. The summed E-state index contributed by atoms with van der Waals surface area (Å²) < 4.78 is 0. The number of hydrogen-bond acceptors (Lipinski definition) is 6. The second kappa shape index (κ2) is 5.26. The highest BCUT2D eigenvalue weighted by molar-refractivity contribution is 7.17. The van der Waals surface area contributed by atoms with Crippen molar-refractivity contribution < 1.29 is 14.7 Å². The summed E-state index contributed by atoms with van der Waals surface area (Å²) in [7, 11) is 4.05. The molecule has 104 valence electrons. The van der Waals surface area contributed by atoms with Gasteiger partial charge in [0.25, 0.3) is 0 Å². The van der Waals surface area contributed by atoms with Crippen LogP contribution in [0.25, 0.3) is 0 Å². The number of hydrogen-bond donors (Lipinski definition) is 1. The minimum absolute atomic E-state index is 0.124. The standard InChI is InChI=1S/C12H17N3O3S/c1-7(16)10-9(11(17)18)13-12(19-10)15-5-4-8(6-15)14(2)3/h8H,4-6H2,1-3H3,(H,17,18). The molecule has 2 rings (SSSR count). The van der Waals surface area contributed by atoms with Crippen LogP contribution in [0.4, 0.5) is 5.13 Å². The highest BCUT2D eigenvalue weighted by Crippen LogP contribution is 2.30. The van der Waals surface area contributed by atoms with Gasteiger partial charge in [-0.2, -0.15) is 0 Å². The molecule has 1 N–H and O–H groups in total. The fourth-order valence-corrected chi connectivity index (χ4v) is 3.15. The van der Waals surface area contributed by atoms with Gasteiger partial charge in [0.15, 0.2) is 16.6 Å². The largest absolute Gasteiger partial charge is 0.476 e. The van der Waals surface area contributed by atoms with E-state index in [1.54, 1.807) is 0 Å². The maximum absolute atomic E-state index is 11.5. The van der Waals surface area contributed by atoms with Crippen molar-refractivity contribution in [1.82, 2.24) is 9.88 Å². The molecule has 1 atom stereocenters. The Balaban J connectivity index is 2.25. The van der Waals surface area contributed by atoms with E-state index in [1.807, 2.05) is 19.0 Å². The molecule has 0 spiro atoms. The van der Waals surface area contributed by atoms with Gasteiger partial charge in [0.2, 0.25) is 0 Å². The van der Waals surface area contributed by atoms with Crippen molar-refractivity contribution >= 4 is 28.2 Å². The number of rotatable bonds is 4. The average molecular weight is 283 g/mol. The lowest BCUT2D eigenvalue weighted by molar-refractivity contribution is 0.0687. The Hall–Kier alpha value is -1.47. The van der Waals surface area contributed by atoms with Crippen LogP contribution in [-0.2, 0) is 0 Å². The van der Waals surface area contributed by atoms with Crippen LogP contribution < -0.4 is 4.90 Å². The van der Waals surface area contributed by atoms with Gasteiger partial charge in [0, 0.05) is 26.1 Å². The number of likely N-dealkylation sites (N-methyl/N-ethyl adjacent to an activating group) is 1. The Bertz CT molecular complexity index is 481. The van der Waals surface area contributed by atoms with Gasteiger partial charge >= 0.3 is 5.97 Å². The van der Waals surface area contributed by atoms with Gasteiger partial charge in [-0.1, -0.05) is 11.3 Å². The molecule has 0 aromatic carbocycles. The molecule has 0 radical (unpaired) electrons. The van der Waals surface area contributed by atoms with Crippen molar-refractivity contribution in [2.75, 3.05) is 32.1 Å². The number of Topliss-reactive ketones (excluding diaryl/α,β-unsaturated/α-hetero) is 1. The third-order valence-corrected chi connectivity index (χ3v) is 4.52. The number of carboxylic acids is 1. The van der Waals surface area contributed by atoms with E-state index in [4.69, 9.17) is 5.11 Å². The number of aromatic nitrogens is 1. The summed E-state index contributed by atoms with van der Waals surface area (Å²) in [5.74, 6) is -1.39. The first kappa shape index (κ1) is 14.0. The second-order valence-corrected chi connectivity index (χ2v) is 5.87. The van der Waals surface area contributed by atoms with Crippen LogP contribution in [0.5, 0.6) is 0 Å². The number of ketones is 1. The summed E-state index contributed by atoms with van der Waals surface area (Å²) in [6.07, 6.45) is 1.02. The maximum Gasteiger partial charge on any atom is 0.356 e. The third-order valence-electron chi connectivity index (χ3n) is 3.30. The second-order valence-electron chi connectivity index (χ2n) is 4.89. The van der Waals surface area contributed by atoms with Crippen molar-refractivity contribution in [1.29, 1.82) is 0 Å². The van der Waals surface area contributed by atoms with Gasteiger partial charge in [-0.15, -0.1) is 0 Å². The average Bonchev–Trinajstić information content (AvgIpc) is 2.95. The van der Waals surface area contributed by atoms with Crippen molar-refractivity contribution in [3.05, 3.63) is 10.6 Å². The molecule has 1 unspecified atom stereocenters. The Morgan fingerprint density at radius 3 is 2.58 bits per heavy atom. The molecule has 1 aliphatic rings. The molecule has 7 heteroatoms. The van der Waals surface area contributed by atoms with Crippen LogP contribution in [0, 0.1) is 0 Å². The minimum Gasteiger partial charge on any atom is -0.476 e. The highest BCUT2D eigenvalue weighted by Gasteiger charge is 2.29. The predicted molar refractivity (Wildman–Crippen MR) is 73.4 cm³/mol. The Kier molecular flexibility index (Phi) is 3.86. The lowest BCUT2D eigenvalue weighted by Crippen LogP contribution is -2.31. The molecule has 1 aromatic heterocycles. The number of carboxylic acid groups (broad SMARTS) is 1. The number of thiazole rings is 1. The summed E-state index contributed by atoms with van der Waals surface area (Å²) in [5.41, 5.74) is -0.124. The summed E-state index contributed by atoms with van der Waals surface area (Å²) >= 11 is 1.17. The fourth-order valence-electron chi connectivity index (χ4n) is 2.16. The summed E-state index contributed by atoms with van der Waals surface area (Å²) in [4.78, 5) is 31.1. The van der Waals surface area contributed by atoms with Crippen LogP contribution in [0.15, 0.2) is 0 Å². The van der Waals surface area contributed by atoms with Crippen LogP contribution in [-0.4, -0.2) is 60.0 Å². The first-order valence-electron chi connectivity index (χ1n) is 6.06. The highest BCUT2D eigenvalue weighted by atomic mass is 32.1. The molecule has 1 aliphatic heterocycles. The Morgan fingerprint density at radius 1 is 1.47 bits per heavy atom. The van der Waals surface area contributed by atoms with E-state index in [-0.39, 0.29) is 16.4 Å². The van der Waals surface area contributed by atoms with Crippen molar-refractivity contribution in [3.63, 3.8) is 0 Å². The van der Waals surface area contributed by atoms with Crippen LogP contribution in [0.2, 0.25) is 0 Å². The molecule has 1 aromatic rings. The molecule has 0 amide bonds. The molecular weight excluding hydrogens is 266 g/mol. The van der Waals surface area contributed by atoms with Gasteiger partial charge in [0.05, 0.1) is 0 Å². The zero-order chi connectivity index (χ0) is 14.2.